The fourth-order valence-electron chi connectivity index (χ4n) is 3.45. The molecule has 0 spiro atoms. The normalized spacial score (nSPS) is 21.3. The standard InChI is InChI=1S/C23H27N3O2/c1-4-23(16-15-17(2)3)20(27)25-22(24-18-11-7-5-8-12-18)26(21(23)28)19-13-9-6-10-14-19/h5-14,17H,4,15-16H2,1-3H3,(H,24,25,27)/t23-/m1/s1. The number of nitrogens with zero attached hydrogens (tertiary/aromatic N) is 2. The molecule has 5 heteroatoms. The fourth-order valence-corrected chi connectivity index (χ4v) is 3.45. The Morgan fingerprint density at radius 3 is 2.18 bits per heavy atom. The van der Waals surface area contributed by atoms with E-state index in [-0.39, 0.29) is 17.8 Å². The van der Waals surface area contributed by atoms with Gasteiger partial charge in [0.2, 0.25) is 17.8 Å². The maximum atomic E-state index is 13.7. The summed E-state index contributed by atoms with van der Waals surface area (Å²) in [5.41, 5.74) is 0.304. The van der Waals surface area contributed by atoms with E-state index in [1.54, 1.807) is 4.90 Å². The van der Waals surface area contributed by atoms with E-state index < -0.39 is 5.41 Å². The van der Waals surface area contributed by atoms with Crippen molar-refractivity contribution in [3.8, 4) is 0 Å². The fraction of sp³-hybridized carbons (Fsp3) is 0.348. The lowest BCUT2D eigenvalue weighted by atomic mass is 9.75. The van der Waals surface area contributed by atoms with Gasteiger partial charge in [-0.25, -0.2) is 9.89 Å². The zero-order chi connectivity index (χ0) is 20.1. The summed E-state index contributed by atoms with van der Waals surface area (Å²) in [6.07, 6.45) is 1.78. The van der Waals surface area contributed by atoms with Crippen molar-refractivity contribution in [3.63, 3.8) is 0 Å². The molecule has 3 rings (SSSR count). The quantitative estimate of drug-likeness (QED) is 0.744. The third-order valence-corrected chi connectivity index (χ3v) is 5.24. The SMILES string of the molecule is CC[C@@]1(CCC(C)C)C(=O)NC(=Nc2ccccc2)N(c2ccccc2)C1=O. The largest absolute Gasteiger partial charge is 0.295 e. The molecule has 1 N–H and O–H groups in total. The van der Waals surface area contributed by atoms with Crippen LogP contribution in [0.4, 0.5) is 11.4 Å². The van der Waals surface area contributed by atoms with E-state index in [0.717, 1.165) is 6.42 Å². The Hall–Kier alpha value is -2.95. The van der Waals surface area contributed by atoms with Crippen molar-refractivity contribution < 1.29 is 9.59 Å². The average molecular weight is 377 g/mol. The van der Waals surface area contributed by atoms with E-state index in [1.165, 1.54) is 0 Å². The van der Waals surface area contributed by atoms with Gasteiger partial charge in [-0.2, -0.15) is 0 Å². The van der Waals surface area contributed by atoms with Crippen LogP contribution in [-0.2, 0) is 9.59 Å². The number of anilines is 1. The van der Waals surface area contributed by atoms with E-state index in [4.69, 9.17) is 0 Å². The van der Waals surface area contributed by atoms with Gasteiger partial charge in [-0.3, -0.25) is 14.9 Å². The molecule has 1 heterocycles. The Balaban J connectivity index is 2.08. The molecule has 0 aromatic heterocycles. The first-order valence-electron chi connectivity index (χ1n) is 9.82. The Kier molecular flexibility index (Phi) is 5.93. The lowest BCUT2D eigenvalue weighted by Gasteiger charge is -2.41. The maximum Gasteiger partial charge on any atom is 0.249 e. The van der Waals surface area contributed by atoms with Crippen LogP contribution in [-0.4, -0.2) is 17.8 Å². The molecular weight excluding hydrogens is 350 g/mol. The number of para-hydroxylation sites is 2. The molecule has 0 saturated carbocycles. The summed E-state index contributed by atoms with van der Waals surface area (Å²) in [4.78, 5) is 32.9. The lowest BCUT2D eigenvalue weighted by Crippen LogP contribution is -2.64. The number of hydrogen-bond acceptors (Lipinski definition) is 3. The first-order chi connectivity index (χ1) is 13.5. The van der Waals surface area contributed by atoms with Crippen molar-refractivity contribution in [2.24, 2.45) is 16.3 Å². The highest BCUT2D eigenvalue weighted by molar-refractivity contribution is 6.31. The first-order valence-corrected chi connectivity index (χ1v) is 9.82. The molecule has 0 unspecified atom stereocenters. The molecule has 1 aliphatic rings. The number of aliphatic imine (C=N–C) groups is 1. The molecule has 0 aliphatic carbocycles. The van der Waals surface area contributed by atoms with Crippen LogP contribution >= 0.6 is 0 Å². The number of guanidine groups is 1. The van der Waals surface area contributed by atoms with Crippen LogP contribution in [0.5, 0.6) is 0 Å². The van der Waals surface area contributed by atoms with Gasteiger partial charge >= 0.3 is 0 Å². The lowest BCUT2D eigenvalue weighted by molar-refractivity contribution is -0.143. The van der Waals surface area contributed by atoms with Crippen LogP contribution in [0.1, 0.15) is 40.0 Å². The summed E-state index contributed by atoms with van der Waals surface area (Å²) < 4.78 is 0. The van der Waals surface area contributed by atoms with Crippen molar-refractivity contribution in [2.45, 2.75) is 40.0 Å². The van der Waals surface area contributed by atoms with Gasteiger partial charge in [0.05, 0.1) is 11.4 Å². The minimum absolute atomic E-state index is 0.208. The second-order valence-electron chi connectivity index (χ2n) is 7.57. The van der Waals surface area contributed by atoms with Crippen molar-refractivity contribution in [1.82, 2.24) is 5.32 Å². The van der Waals surface area contributed by atoms with Crippen molar-refractivity contribution in [2.75, 3.05) is 4.90 Å². The van der Waals surface area contributed by atoms with Crippen molar-refractivity contribution >= 4 is 29.1 Å². The summed E-state index contributed by atoms with van der Waals surface area (Å²) in [6.45, 7) is 6.11. The monoisotopic (exact) mass is 377 g/mol. The van der Waals surface area contributed by atoms with Gasteiger partial charge in [0, 0.05) is 0 Å². The van der Waals surface area contributed by atoms with E-state index in [2.05, 4.69) is 24.2 Å². The molecule has 5 nitrogen and oxygen atoms in total. The van der Waals surface area contributed by atoms with Gasteiger partial charge < -0.3 is 0 Å². The number of rotatable bonds is 6. The van der Waals surface area contributed by atoms with Gasteiger partial charge in [-0.15, -0.1) is 0 Å². The van der Waals surface area contributed by atoms with E-state index >= 15 is 0 Å². The second-order valence-corrected chi connectivity index (χ2v) is 7.57. The summed E-state index contributed by atoms with van der Waals surface area (Å²) in [7, 11) is 0. The van der Waals surface area contributed by atoms with Crippen molar-refractivity contribution in [3.05, 3.63) is 60.7 Å². The Morgan fingerprint density at radius 1 is 1.00 bits per heavy atom. The van der Waals surface area contributed by atoms with Gasteiger partial charge in [-0.1, -0.05) is 57.2 Å². The third-order valence-electron chi connectivity index (χ3n) is 5.24. The van der Waals surface area contributed by atoms with E-state index in [1.807, 2.05) is 67.6 Å². The summed E-state index contributed by atoms with van der Waals surface area (Å²) in [6, 6.07) is 18.7. The maximum absolute atomic E-state index is 13.7. The molecule has 0 bridgehead atoms. The van der Waals surface area contributed by atoms with Crippen LogP contribution in [0, 0.1) is 11.3 Å². The highest BCUT2D eigenvalue weighted by Gasteiger charge is 2.52. The number of hydrogen-bond donors (Lipinski definition) is 1. The smallest absolute Gasteiger partial charge is 0.249 e. The molecule has 1 saturated heterocycles. The Labute approximate surface area is 166 Å². The molecule has 1 aliphatic heterocycles. The van der Waals surface area contributed by atoms with Crippen LogP contribution in [0.15, 0.2) is 65.7 Å². The first kappa shape index (κ1) is 19.8. The molecular formula is C23H27N3O2. The van der Waals surface area contributed by atoms with Gasteiger partial charge in [0.1, 0.15) is 5.41 Å². The van der Waals surface area contributed by atoms with Crippen LogP contribution in [0.3, 0.4) is 0 Å². The predicted molar refractivity (Wildman–Crippen MR) is 112 cm³/mol. The van der Waals surface area contributed by atoms with Crippen LogP contribution < -0.4 is 10.2 Å². The topological polar surface area (TPSA) is 61.8 Å². The summed E-state index contributed by atoms with van der Waals surface area (Å²) in [5.74, 6) is 0.192. The Morgan fingerprint density at radius 2 is 1.61 bits per heavy atom. The number of nitrogens with one attached hydrogen (secondary N) is 1. The minimum Gasteiger partial charge on any atom is -0.295 e. The van der Waals surface area contributed by atoms with Gasteiger partial charge in [-0.05, 0) is 49.4 Å². The van der Waals surface area contributed by atoms with Crippen LogP contribution in [0.25, 0.3) is 0 Å². The zero-order valence-corrected chi connectivity index (χ0v) is 16.7. The van der Waals surface area contributed by atoms with Crippen molar-refractivity contribution in [1.29, 1.82) is 0 Å². The molecule has 0 radical (unpaired) electrons. The molecule has 1 atom stereocenters. The number of carbonyl (C=O) groups excluding carboxylic acids is 2. The zero-order valence-electron chi connectivity index (χ0n) is 16.7. The number of amides is 2. The molecule has 146 valence electrons. The average Bonchev–Trinajstić information content (AvgIpc) is 2.70. The van der Waals surface area contributed by atoms with Gasteiger partial charge in [0.25, 0.3) is 0 Å². The predicted octanol–water partition coefficient (Wildman–Crippen LogP) is 4.67. The number of benzene rings is 2. The Bertz CT molecular complexity index is 862. The summed E-state index contributed by atoms with van der Waals surface area (Å²) >= 11 is 0. The molecule has 2 aromatic carbocycles. The third kappa shape index (κ3) is 3.84. The second kappa shape index (κ2) is 8.38. The van der Waals surface area contributed by atoms with Gasteiger partial charge in [0.15, 0.2) is 0 Å². The highest BCUT2D eigenvalue weighted by atomic mass is 16.2. The molecule has 28 heavy (non-hydrogen) atoms. The number of carbonyl (C=O) groups is 2. The minimum atomic E-state index is -1.07. The molecule has 2 aromatic rings. The molecule has 2 amide bonds. The molecule has 1 fully saturated rings. The van der Waals surface area contributed by atoms with E-state index in [0.29, 0.717) is 30.1 Å². The van der Waals surface area contributed by atoms with E-state index in [9.17, 15) is 9.59 Å². The highest BCUT2D eigenvalue weighted by Crippen LogP contribution is 2.37. The summed E-state index contributed by atoms with van der Waals surface area (Å²) in [5, 5.41) is 2.93. The van der Waals surface area contributed by atoms with Crippen LogP contribution in [0.2, 0.25) is 0 Å².